The molecule has 22 heavy (non-hydrogen) atoms. The summed E-state index contributed by atoms with van der Waals surface area (Å²) in [5.74, 6) is 2.70. The molecule has 0 aromatic rings. The fraction of sp³-hybridized carbons (Fsp3) is 0.762. The second-order valence-corrected chi connectivity index (χ2v) is 8.83. The molecule has 2 fully saturated rings. The smallest absolute Gasteiger partial charge is 0.156 e. The van der Waals surface area contributed by atoms with Crippen molar-refractivity contribution in [2.45, 2.75) is 72.1 Å². The average Bonchev–Trinajstić information content (AvgIpc) is 2.84. The van der Waals surface area contributed by atoms with Gasteiger partial charge in [0, 0.05) is 0 Å². The van der Waals surface area contributed by atoms with E-state index in [1.165, 1.54) is 44.9 Å². The van der Waals surface area contributed by atoms with E-state index >= 15 is 0 Å². The Bertz CT molecular complexity index is 568. The van der Waals surface area contributed by atoms with E-state index in [4.69, 9.17) is 0 Å². The van der Waals surface area contributed by atoms with Crippen LogP contribution in [0.1, 0.15) is 72.1 Å². The van der Waals surface area contributed by atoms with Crippen LogP contribution < -0.4 is 0 Å². The van der Waals surface area contributed by atoms with E-state index in [9.17, 15) is 4.79 Å². The van der Waals surface area contributed by atoms with E-state index in [-0.39, 0.29) is 5.41 Å². The van der Waals surface area contributed by atoms with E-state index in [1.54, 1.807) is 12.5 Å². The van der Waals surface area contributed by atoms with Crippen LogP contribution >= 0.6 is 0 Å². The van der Waals surface area contributed by atoms with E-state index < -0.39 is 0 Å². The fourth-order valence-corrected chi connectivity index (χ4v) is 6.81. The van der Waals surface area contributed by atoms with Crippen molar-refractivity contribution in [2.75, 3.05) is 0 Å². The second kappa shape index (κ2) is 4.82. The Balaban J connectivity index is 1.69. The molecule has 2 saturated carbocycles. The summed E-state index contributed by atoms with van der Waals surface area (Å²) in [5, 5.41) is 0. The molecule has 120 valence electrons. The van der Waals surface area contributed by atoms with Crippen LogP contribution in [0.4, 0.5) is 0 Å². The molecule has 0 amide bonds. The van der Waals surface area contributed by atoms with Gasteiger partial charge in [-0.15, -0.1) is 0 Å². The number of carbonyl (C=O) groups excluding carboxylic acids is 1. The van der Waals surface area contributed by atoms with Gasteiger partial charge in [0.25, 0.3) is 0 Å². The summed E-state index contributed by atoms with van der Waals surface area (Å²) in [4.78, 5) is 12.1. The maximum atomic E-state index is 12.1. The van der Waals surface area contributed by atoms with Gasteiger partial charge in [0.2, 0.25) is 0 Å². The zero-order valence-corrected chi connectivity index (χ0v) is 14.5. The summed E-state index contributed by atoms with van der Waals surface area (Å²) in [6, 6.07) is 0. The molecule has 0 aromatic carbocycles. The van der Waals surface area contributed by atoms with Gasteiger partial charge < -0.3 is 0 Å². The van der Waals surface area contributed by atoms with Gasteiger partial charge >= 0.3 is 0 Å². The van der Waals surface area contributed by atoms with Crippen molar-refractivity contribution in [2.24, 2.45) is 28.6 Å². The average molecular weight is 298 g/mol. The van der Waals surface area contributed by atoms with Crippen molar-refractivity contribution in [3.63, 3.8) is 0 Å². The van der Waals surface area contributed by atoms with Gasteiger partial charge in [0.1, 0.15) is 0 Å². The molecule has 4 aliphatic rings. The van der Waals surface area contributed by atoms with Gasteiger partial charge in [-0.05, 0) is 86.0 Å². The zero-order chi connectivity index (χ0) is 15.5. The highest BCUT2D eigenvalue weighted by atomic mass is 16.1. The Hall–Kier alpha value is -0.850. The third-order valence-electron chi connectivity index (χ3n) is 7.98. The first-order valence-electron chi connectivity index (χ1n) is 9.38. The molecule has 0 N–H and O–H groups in total. The third-order valence-corrected chi connectivity index (χ3v) is 7.98. The number of rotatable bonds is 1. The normalized spacial score (nSPS) is 47.0. The van der Waals surface area contributed by atoms with Gasteiger partial charge in [-0.2, -0.15) is 0 Å². The number of hydrogen-bond acceptors (Lipinski definition) is 1. The Morgan fingerprint density at radius 1 is 1.05 bits per heavy atom. The number of carbonyl (C=O) groups is 1. The van der Waals surface area contributed by atoms with E-state index in [0.29, 0.717) is 17.1 Å². The van der Waals surface area contributed by atoms with Gasteiger partial charge in [-0.25, -0.2) is 0 Å². The molecule has 3 unspecified atom stereocenters. The van der Waals surface area contributed by atoms with Crippen LogP contribution in [0.15, 0.2) is 23.3 Å². The van der Waals surface area contributed by atoms with Crippen molar-refractivity contribution >= 4 is 5.78 Å². The highest BCUT2D eigenvalue weighted by Crippen LogP contribution is 2.64. The number of hydrogen-bond donors (Lipinski definition) is 0. The Morgan fingerprint density at radius 3 is 2.64 bits per heavy atom. The lowest BCUT2D eigenvalue weighted by Gasteiger charge is -2.57. The van der Waals surface area contributed by atoms with Crippen LogP contribution in [0.3, 0.4) is 0 Å². The van der Waals surface area contributed by atoms with Crippen LogP contribution in [0.25, 0.3) is 0 Å². The molecule has 0 aromatic heterocycles. The molecule has 0 bridgehead atoms. The number of fused-ring (bicyclic) bond motifs is 5. The van der Waals surface area contributed by atoms with E-state index in [2.05, 4.69) is 26.0 Å². The van der Waals surface area contributed by atoms with E-state index in [1.807, 2.05) is 0 Å². The minimum Gasteiger partial charge on any atom is -0.295 e. The number of allylic oxidation sites excluding steroid dienone is 4. The van der Waals surface area contributed by atoms with Gasteiger partial charge in [-0.1, -0.05) is 38.0 Å². The fourth-order valence-electron chi connectivity index (χ4n) is 6.81. The first-order chi connectivity index (χ1) is 10.5. The maximum Gasteiger partial charge on any atom is 0.156 e. The Morgan fingerprint density at radius 2 is 1.86 bits per heavy atom. The van der Waals surface area contributed by atoms with Crippen molar-refractivity contribution in [1.82, 2.24) is 0 Å². The van der Waals surface area contributed by atoms with Gasteiger partial charge in [0.15, 0.2) is 5.78 Å². The SMILES string of the molecule is CC(=O)C1=CCC2C3CC=C4CCCC[C@]4(C)C3CC[C@]12C. The van der Waals surface area contributed by atoms with Crippen molar-refractivity contribution in [1.29, 1.82) is 0 Å². The maximum absolute atomic E-state index is 12.1. The largest absolute Gasteiger partial charge is 0.295 e. The van der Waals surface area contributed by atoms with Crippen molar-refractivity contribution in [3.05, 3.63) is 23.3 Å². The molecular formula is C21H30O. The molecular weight excluding hydrogens is 268 g/mol. The molecule has 4 aliphatic carbocycles. The van der Waals surface area contributed by atoms with Gasteiger partial charge in [0.05, 0.1) is 0 Å². The van der Waals surface area contributed by atoms with Crippen molar-refractivity contribution in [3.8, 4) is 0 Å². The zero-order valence-electron chi connectivity index (χ0n) is 14.5. The number of Topliss-reactive ketones (excluding diaryl/α,β-unsaturated/α-hetero) is 1. The van der Waals surface area contributed by atoms with E-state index in [0.717, 1.165) is 23.8 Å². The third kappa shape index (κ3) is 1.80. The first kappa shape index (κ1) is 14.7. The highest BCUT2D eigenvalue weighted by molar-refractivity contribution is 5.95. The summed E-state index contributed by atoms with van der Waals surface area (Å²) in [6.07, 6.45) is 15.4. The molecule has 4 rings (SSSR count). The number of ketones is 1. The van der Waals surface area contributed by atoms with Crippen LogP contribution in [-0.2, 0) is 4.79 Å². The summed E-state index contributed by atoms with van der Waals surface area (Å²) < 4.78 is 0. The lowest BCUT2D eigenvalue weighted by Crippen LogP contribution is -2.49. The minimum absolute atomic E-state index is 0.170. The molecule has 0 saturated heterocycles. The standard InChI is InChI=1S/C21H30O/c1-14(22)17-9-10-18-16-8-7-15-6-4-5-12-20(15,2)19(16)11-13-21(17,18)3/h7,9,16,18-19H,4-6,8,10-13H2,1-3H3/t16?,18?,19?,20-,21+/m0/s1. The second-order valence-electron chi connectivity index (χ2n) is 8.83. The monoisotopic (exact) mass is 298 g/mol. The lowest BCUT2D eigenvalue weighted by molar-refractivity contribution is -0.115. The van der Waals surface area contributed by atoms with Crippen LogP contribution in [0.5, 0.6) is 0 Å². The van der Waals surface area contributed by atoms with Gasteiger partial charge in [-0.3, -0.25) is 4.79 Å². The predicted octanol–water partition coefficient (Wildman–Crippen LogP) is 5.46. The molecule has 0 heterocycles. The van der Waals surface area contributed by atoms with Crippen LogP contribution in [-0.4, -0.2) is 5.78 Å². The molecule has 1 heteroatoms. The van der Waals surface area contributed by atoms with Crippen LogP contribution in [0.2, 0.25) is 0 Å². The first-order valence-corrected chi connectivity index (χ1v) is 9.38. The molecule has 0 spiro atoms. The lowest BCUT2D eigenvalue weighted by atomic mass is 9.47. The Kier molecular flexibility index (Phi) is 3.23. The summed E-state index contributed by atoms with van der Waals surface area (Å²) in [7, 11) is 0. The summed E-state index contributed by atoms with van der Waals surface area (Å²) >= 11 is 0. The molecule has 5 atom stereocenters. The minimum atomic E-state index is 0.170. The van der Waals surface area contributed by atoms with Crippen molar-refractivity contribution < 1.29 is 4.79 Å². The molecule has 0 aliphatic heterocycles. The topological polar surface area (TPSA) is 17.1 Å². The summed E-state index contributed by atoms with van der Waals surface area (Å²) in [5.41, 5.74) is 3.58. The Labute approximate surface area is 135 Å². The summed E-state index contributed by atoms with van der Waals surface area (Å²) in [6.45, 7) is 6.72. The predicted molar refractivity (Wildman–Crippen MR) is 90.5 cm³/mol. The van der Waals surface area contributed by atoms with Crippen LogP contribution in [0, 0.1) is 28.6 Å². The molecule has 1 nitrogen and oxygen atoms in total. The quantitative estimate of drug-likeness (QED) is 0.587. The molecule has 0 radical (unpaired) electrons. The highest BCUT2D eigenvalue weighted by Gasteiger charge is 2.56.